The maximum atomic E-state index is 12.8. The predicted molar refractivity (Wildman–Crippen MR) is 76.2 cm³/mol. The molecule has 0 unspecified atom stereocenters. The van der Waals surface area contributed by atoms with Crippen LogP contribution in [0.4, 0.5) is 24.8 Å². The molecule has 1 aromatic rings. The van der Waals surface area contributed by atoms with E-state index < -0.39 is 12.0 Å². The third kappa shape index (κ3) is 4.47. The fraction of sp³-hybridized carbons (Fsp3) is 0.714. The second kappa shape index (κ2) is 6.49. The van der Waals surface area contributed by atoms with E-state index in [-0.39, 0.29) is 17.7 Å². The molecular weight excluding hydrogens is 281 g/mol. The molecule has 2 N–H and O–H groups in total. The number of alkyl halides is 3. The molecule has 0 amide bonds. The summed E-state index contributed by atoms with van der Waals surface area (Å²) in [6.07, 6.45) is -0.432. The average molecular weight is 302 g/mol. The number of anilines is 2. The Balaban J connectivity index is 2.15. The molecule has 0 aromatic carbocycles. The number of hydrogen-bond acceptors (Lipinski definition) is 4. The van der Waals surface area contributed by atoms with Crippen molar-refractivity contribution in [2.24, 2.45) is 5.92 Å². The lowest BCUT2D eigenvalue weighted by atomic mass is 9.87. The molecule has 0 spiro atoms. The molecule has 2 rings (SSSR count). The largest absolute Gasteiger partial charge is 0.451 e. The summed E-state index contributed by atoms with van der Waals surface area (Å²) in [5.74, 6) is 0.0310. The van der Waals surface area contributed by atoms with E-state index in [9.17, 15) is 13.2 Å². The summed E-state index contributed by atoms with van der Waals surface area (Å²) in [7, 11) is 0. The van der Waals surface area contributed by atoms with E-state index in [4.69, 9.17) is 0 Å². The Bertz CT molecular complexity index is 468. The van der Waals surface area contributed by atoms with Crippen molar-refractivity contribution in [3.63, 3.8) is 0 Å². The molecule has 1 aromatic heterocycles. The van der Waals surface area contributed by atoms with Crippen LogP contribution < -0.4 is 10.6 Å². The zero-order chi connectivity index (χ0) is 15.5. The molecule has 1 saturated carbocycles. The highest BCUT2D eigenvalue weighted by atomic mass is 19.4. The molecule has 21 heavy (non-hydrogen) atoms. The van der Waals surface area contributed by atoms with Crippen molar-refractivity contribution in [3.05, 3.63) is 11.9 Å². The van der Waals surface area contributed by atoms with Crippen molar-refractivity contribution in [2.75, 3.05) is 17.2 Å². The van der Waals surface area contributed by atoms with Gasteiger partial charge in [-0.1, -0.05) is 6.92 Å². The fourth-order valence-corrected chi connectivity index (χ4v) is 2.53. The monoisotopic (exact) mass is 302 g/mol. The van der Waals surface area contributed by atoms with Crippen molar-refractivity contribution < 1.29 is 13.2 Å². The van der Waals surface area contributed by atoms with E-state index in [1.807, 2.05) is 6.92 Å². The smallest absolute Gasteiger partial charge is 0.370 e. The third-order valence-corrected chi connectivity index (χ3v) is 3.71. The quantitative estimate of drug-likeness (QED) is 0.885. The summed E-state index contributed by atoms with van der Waals surface area (Å²) in [5, 5.41) is 5.94. The van der Waals surface area contributed by atoms with Gasteiger partial charge in [0, 0.05) is 18.7 Å². The minimum absolute atomic E-state index is 0.187. The van der Waals surface area contributed by atoms with Crippen LogP contribution in [0.25, 0.3) is 0 Å². The molecule has 7 heteroatoms. The average Bonchev–Trinajstić information content (AvgIpc) is 2.41. The normalized spacial score (nSPS) is 22.9. The molecule has 0 bridgehead atoms. The van der Waals surface area contributed by atoms with Crippen molar-refractivity contribution >= 4 is 11.6 Å². The van der Waals surface area contributed by atoms with Gasteiger partial charge in [-0.25, -0.2) is 9.97 Å². The first kappa shape index (κ1) is 15.9. The molecule has 4 nitrogen and oxygen atoms in total. The van der Waals surface area contributed by atoms with Crippen LogP contribution in [-0.2, 0) is 6.18 Å². The summed E-state index contributed by atoms with van der Waals surface area (Å²) < 4.78 is 38.5. The van der Waals surface area contributed by atoms with Crippen LogP contribution >= 0.6 is 0 Å². The van der Waals surface area contributed by atoms with Gasteiger partial charge in [-0.05, 0) is 38.5 Å². The maximum Gasteiger partial charge on any atom is 0.451 e. The van der Waals surface area contributed by atoms with Gasteiger partial charge in [0.2, 0.25) is 5.82 Å². The number of halogens is 3. The molecule has 118 valence electrons. The second-order valence-corrected chi connectivity index (χ2v) is 5.59. The summed E-state index contributed by atoms with van der Waals surface area (Å²) in [6.45, 7) is 4.52. The summed E-state index contributed by atoms with van der Waals surface area (Å²) >= 11 is 0. The van der Waals surface area contributed by atoms with E-state index >= 15 is 0 Å². The summed E-state index contributed by atoms with van der Waals surface area (Å²) in [4.78, 5) is 7.13. The van der Waals surface area contributed by atoms with Crippen LogP contribution in [0.3, 0.4) is 0 Å². The van der Waals surface area contributed by atoms with Crippen molar-refractivity contribution in [1.82, 2.24) is 9.97 Å². The number of nitrogens with one attached hydrogen (secondary N) is 2. The van der Waals surface area contributed by atoms with E-state index in [0.29, 0.717) is 12.5 Å². The molecule has 1 aliphatic carbocycles. The molecule has 0 saturated heterocycles. The number of rotatable bonds is 4. The van der Waals surface area contributed by atoms with Gasteiger partial charge in [0.1, 0.15) is 11.6 Å². The van der Waals surface area contributed by atoms with Crippen LogP contribution in [0.5, 0.6) is 0 Å². The van der Waals surface area contributed by atoms with Crippen LogP contribution in [0.15, 0.2) is 6.07 Å². The van der Waals surface area contributed by atoms with E-state index in [0.717, 1.165) is 25.7 Å². The SMILES string of the molecule is CCNc1cc(NC2CCC(C)CC2)nc(C(F)(F)F)n1. The van der Waals surface area contributed by atoms with Gasteiger partial charge < -0.3 is 10.6 Å². The van der Waals surface area contributed by atoms with Crippen molar-refractivity contribution in [3.8, 4) is 0 Å². The number of aromatic nitrogens is 2. The van der Waals surface area contributed by atoms with Crippen LogP contribution in [0.1, 0.15) is 45.4 Å². The lowest BCUT2D eigenvalue weighted by Crippen LogP contribution is -2.26. The molecule has 1 aliphatic rings. The molecule has 1 fully saturated rings. The standard InChI is InChI=1S/C14H21F3N4/c1-3-18-11-8-12(21-13(20-11)14(15,16)17)19-10-6-4-9(2)5-7-10/h8-10H,3-7H2,1-2H3,(H2,18,19,20,21). The molecule has 0 atom stereocenters. The zero-order valence-corrected chi connectivity index (χ0v) is 12.3. The lowest BCUT2D eigenvalue weighted by Gasteiger charge is -2.27. The number of hydrogen-bond donors (Lipinski definition) is 2. The molecule has 1 heterocycles. The van der Waals surface area contributed by atoms with Crippen LogP contribution in [0, 0.1) is 5.92 Å². The topological polar surface area (TPSA) is 49.8 Å². The van der Waals surface area contributed by atoms with Gasteiger partial charge in [0.05, 0.1) is 0 Å². The first-order valence-corrected chi connectivity index (χ1v) is 7.35. The number of nitrogens with zero attached hydrogens (tertiary/aromatic N) is 2. The Kier molecular flexibility index (Phi) is 4.90. The van der Waals surface area contributed by atoms with Crippen molar-refractivity contribution in [1.29, 1.82) is 0 Å². The second-order valence-electron chi connectivity index (χ2n) is 5.59. The van der Waals surface area contributed by atoms with Crippen LogP contribution in [0.2, 0.25) is 0 Å². The predicted octanol–water partition coefficient (Wildman–Crippen LogP) is 3.92. The zero-order valence-electron chi connectivity index (χ0n) is 12.3. The first-order chi connectivity index (χ1) is 9.88. The fourth-order valence-electron chi connectivity index (χ4n) is 2.53. The van der Waals surface area contributed by atoms with E-state index in [2.05, 4.69) is 27.5 Å². The van der Waals surface area contributed by atoms with Gasteiger partial charge in [-0.2, -0.15) is 13.2 Å². The Morgan fingerprint density at radius 3 is 2.33 bits per heavy atom. The highest BCUT2D eigenvalue weighted by Crippen LogP contribution is 2.30. The van der Waals surface area contributed by atoms with Gasteiger partial charge in [-0.15, -0.1) is 0 Å². The highest BCUT2D eigenvalue weighted by Gasteiger charge is 2.35. The Morgan fingerprint density at radius 2 is 1.76 bits per heavy atom. The summed E-state index contributed by atoms with van der Waals surface area (Å²) in [6, 6.07) is 1.73. The highest BCUT2D eigenvalue weighted by molar-refractivity contribution is 5.48. The lowest BCUT2D eigenvalue weighted by molar-refractivity contribution is -0.144. The van der Waals surface area contributed by atoms with Gasteiger partial charge in [0.25, 0.3) is 0 Å². The van der Waals surface area contributed by atoms with Gasteiger partial charge in [0.15, 0.2) is 0 Å². The maximum absolute atomic E-state index is 12.8. The summed E-state index contributed by atoms with van der Waals surface area (Å²) in [5.41, 5.74) is 0. The van der Waals surface area contributed by atoms with Gasteiger partial charge >= 0.3 is 6.18 Å². The van der Waals surface area contributed by atoms with E-state index in [1.165, 1.54) is 6.07 Å². The van der Waals surface area contributed by atoms with Gasteiger partial charge in [-0.3, -0.25) is 0 Å². The minimum Gasteiger partial charge on any atom is -0.370 e. The van der Waals surface area contributed by atoms with E-state index in [1.54, 1.807) is 0 Å². The third-order valence-electron chi connectivity index (χ3n) is 3.71. The van der Waals surface area contributed by atoms with Crippen molar-refractivity contribution in [2.45, 2.75) is 51.7 Å². The first-order valence-electron chi connectivity index (χ1n) is 7.35. The Labute approximate surface area is 122 Å². The Hall–Kier alpha value is -1.53. The minimum atomic E-state index is -4.54. The Morgan fingerprint density at radius 1 is 1.14 bits per heavy atom. The molecule has 0 aliphatic heterocycles. The molecule has 0 radical (unpaired) electrons. The van der Waals surface area contributed by atoms with Crippen LogP contribution in [-0.4, -0.2) is 22.6 Å². The molecular formula is C14H21F3N4.